The Kier molecular flexibility index (Phi) is 7.22. The summed E-state index contributed by atoms with van der Waals surface area (Å²) in [5, 5.41) is 25.4. The number of fused-ring (bicyclic) bond motifs is 3. The molecule has 2 amide bonds. The monoisotopic (exact) mass is 594 g/mol. The van der Waals surface area contributed by atoms with E-state index in [4.69, 9.17) is 5.73 Å². The molecule has 0 aliphatic heterocycles. The lowest BCUT2D eigenvalue weighted by atomic mass is 9.52. The second kappa shape index (κ2) is 10.3. The molecule has 0 saturated heterocycles. The second-order valence-corrected chi connectivity index (χ2v) is 11.8. The summed E-state index contributed by atoms with van der Waals surface area (Å²) in [7, 11) is 6.35. The summed E-state index contributed by atoms with van der Waals surface area (Å²) in [6, 6.07) is 5.41. The summed E-state index contributed by atoms with van der Waals surface area (Å²) in [4.78, 5) is 82.8. The highest BCUT2D eigenvalue weighted by atomic mass is 19.1. The Bertz CT molecular complexity index is 1620. The minimum atomic E-state index is -2.85. The number of aromatic hydroxyl groups is 1. The summed E-state index contributed by atoms with van der Waals surface area (Å²) >= 11 is 0. The number of benzene rings is 2. The van der Waals surface area contributed by atoms with E-state index < -0.39 is 81.8 Å². The number of rotatable bonds is 5. The number of likely N-dealkylation sites (N-methyl/N-ethyl adjacent to an activating group) is 1. The summed E-state index contributed by atoms with van der Waals surface area (Å²) in [6.07, 6.45) is -0.0439. The van der Waals surface area contributed by atoms with Gasteiger partial charge >= 0.3 is 0 Å². The van der Waals surface area contributed by atoms with Gasteiger partial charge in [0.1, 0.15) is 11.6 Å². The topological polar surface area (TPSA) is 187 Å². The molecule has 12 nitrogen and oxygen atoms in total. The summed E-state index contributed by atoms with van der Waals surface area (Å²) in [6.45, 7) is 0. The molecule has 226 valence electrons. The Morgan fingerprint density at radius 2 is 1.72 bits per heavy atom. The Labute approximate surface area is 245 Å². The first-order valence-corrected chi connectivity index (χ1v) is 13.6. The van der Waals surface area contributed by atoms with Crippen molar-refractivity contribution >= 4 is 46.3 Å². The zero-order chi connectivity index (χ0) is 31.7. The summed E-state index contributed by atoms with van der Waals surface area (Å²) in [5.41, 5.74) is 2.46. The van der Waals surface area contributed by atoms with Crippen molar-refractivity contribution in [2.24, 2.45) is 29.4 Å². The highest BCUT2D eigenvalue weighted by Gasteiger charge is 2.69. The van der Waals surface area contributed by atoms with Crippen molar-refractivity contribution in [3.63, 3.8) is 0 Å². The number of anilines is 2. The van der Waals surface area contributed by atoms with Crippen molar-refractivity contribution in [1.29, 1.82) is 0 Å². The van der Waals surface area contributed by atoms with Crippen LogP contribution >= 0.6 is 0 Å². The molecule has 2 fully saturated rings. The average molecular weight is 595 g/mol. The van der Waals surface area contributed by atoms with Crippen LogP contribution < -0.4 is 16.0 Å². The largest absolute Gasteiger partial charge is 0.505 e. The lowest BCUT2D eigenvalue weighted by Gasteiger charge is -2.52. The van der Waals surface area contributed by atoms with Crippen LogP contribution in [-0.4, -0.2) is 89.9 Å². The number of carbonyl (C=O) groups excluding carboxylic acids is 6. The fraction of sp³-hybridized carbons (Fsp3) is 0.400. The quantitative estimate of drug-likeness (QED) is 0.277. The van der Waals surface area contributed by atoms with Gasteiger partial charge in [-0.25, -0.2) is 4.39 Å². The second-order valence-electron chi connectivity index (χ2n) is 11.8. The molecule has 2 saturated carbocycles. The van der Waals surface area contributed by atoms with Gasteiger partial charge in [0.25, 0.3) is 5.91 Å². The zero-order valence-corrected chi connectivity index (χ0v) is 23.9. The molecule has 13 heteroatoms. The van der Waals surface area contributed by atoms with Crippen LogP contribution in [-0.2, 0) is 25.6 Å². The van der Waals surface area contributed by atoms with Crippen LogP contribution in [0.5, 0.6) is 5.75 Å². The van der Waals surface area contributed by atoms with E-state index in [0.29, 0.717) is 11.3 Å². The zero-order valence-electron chi connectivity index (χ0n) is 23.9. The lowest BCUT2D eigenvalue weighted by molar-refractivity contribution is -0.181. The number of primary amides is 1. The van der Waals surface area contributed by atoms with Crippen molar-refractivity contribution in [3.05, 3.63) is 52.8 Å². The molecule has 6 atom stereocenters. The van der Waals surface area contributed by atoms with Gasteiger partial charge in [-0.3, -0.25) is 33.7 Å². The normalized spacial score (nSPS) is 28.2. The van der Waals surface area contributed by atoms with E-state index in [1.807, 2.05) is 0 Å². The van der Waals surface area contributed by atoms with Gasteiger partial charge in [-0.2, -0.15) is 0 Å². The molecule has 0 aromatic heterocycles. The molecule has 0 spiro atoms. The number of hydrogen-bond acceptors (Lipinski definition) is 10. The number of nitrogens with one attached hydrogen (secondary N) is 1. The van der Waals surface area contributed by atoms with Crippen LogP contribution in [0.2, 0.25) is 0 Å². The fourth-order valence-electron chi connectivity index (χ4n) is 6.98. The molecule has 0 bridgehead atoms. The van der Waals surface area contributed by atoms with Crippen LogP contribution in [0.15, 0.2) is 30.3 Å². The van der Waals surface area contributed by atoms with Crippen molar-refractivity contribution < 1.29 is 43.4 Å². The van der Waals surface area contributed by atoms with E-state index >= 15 is 0 Å². The molecule has 4 unspecified atom stereocenters. The third kappa shape index (κ3) is 4.33. The van der Waals surface area contributed by atoms with Gasteiger partial charge in [-0.15, -0.1) is 0 Å². The fourth-order valence-corrected chi connectivity index (χ4v) is 6.98. The maximum Gasteiger partial charge on any atom is 0.258 e. The predicted octanol–water partition coefficient (Wildman–Crippen LogP) is 0.324. The van der Waals surface area contributed by atoms with Crippen molar-refractivity contribution in [1.82, 2.24) is 4.90 Å². The SMILES string of the molecule is CN(C)c1cc(NC(=O)c2ccccc2F)c(O)c2c1CC1CC3[C@H](N(C)C)C(=O)C(C(N)=O)C(=O)[C@@]3(O)C(=O)C1C2=O. The number of Topliss-reactive ketones (excluding diaryl/α,β-unsaturated/α-hetero) is 4. The van der Waals surface area contributed by atoms with Crippen LogP contribution in [0.3, 0.4) is 0 Å². The first kappa shape index (κ1) is 30.0. The Hall–Kier alpha value is -4.49. The highest BCUT2D eigenvalue weighted by Crippen LogP contribution is 2.52. The van der Waals surface area contributed by atoms with Crippen LogP contribution in [0.1, 0.15) is 32.7 Å². The van der Waals surface area contributed by atoms with Gasteiger partial charge in [0.2, 0.25) is 5.91 Å². The number of carbonyl (C=O) groups is 6. The average Bonchev–Trinajstić information content (AvgIpc) is 2.91. The first-order chi connectivity index (χ1) is 20.1. The minimum Gasteiger partial charge on any atom is -0.505 e. The minimum absolute atomic E-state index is 0.0501. The molecule has 0 radical (unpaired) electrons. The molecule has 3 aliphatic carbocycles. The maximum absolute atomic E-state index is 14.3. The highest BCUT2D eigenvalue weighted by molar-refractivity contribution is 6.32. The molecule has 0 heterocycles. The van der Waals surface area contributed by atoms with E-state index in [2.05, 4.69) is 5.32 Å². The van der Waals surface area contributed by atoms with Crippen LogP contribution in [0, 0.1) is 29.5 Å². The van der Waals surface area contributed by atoms with Gasteiger partial charge in [0.05, 0.1) is 28.8 Å². The van der Waals surface area contributed by atoms with Gasteiger partial charge < -0.3 is 26.2 Å². The number of aliphatic hydroxyl groups is 1. The standard InChI is InChI=1S/C30H31FN4O8/c1-34(2)18-11-17(33-29(42)13-7-5-6-8-16(13)31)23(36)20-14(18)9-12-10-15-22(35(3)4)25(38)21(28(32)41)27(40)30(15,43)26(39)19(12)24(20)37/h5-8,11-12,15,19,21-22,36,43H,9-10H2,1-4H3,(H2,32,41)(H,33,42)/t12?,15?,19?,21?,22-,30-/m0/s1. The van der Waals surface area contributed by atoms with E-state index in [0.717, 1.165) is 6.07 Å². The molecule has 5 rings (SSSR count). The van der Waals surface area contributed by atoms with Crippen molar-refractivity contribution in [2.45, 2.75) is 24.5 Å². The first-order valence-electron chi connectivity index (χ1n) is 13.6. The molecule has 3 aliphatic rings. The number of phenolic OH excluding ortho intramolecular Hbond substituents is 1. The number of nitrogens with zero attached hydrogens (tertiary/aromatic N) is 2. The Morgan fingerprint density at radius 3 is 2.30 bits per heavy atom. The third-order valence-corrected chi connectivity index (χ3v) is 8.89. The van der Waals surface area contributed by atoms with Crippen molar-refractivity contribution in [3.8, 4) is 5.75 Å². The lowest BCUT2D eigenvalue weighted by Crippen LogP contribution is -2.74. The molecule has 2 aromatic rings. The van der Waals surface area contributed by atoms with Gasteiger partial charge in [-0.05, 0) is 56.6 Å². The smallest absolute Gasteiger partial charge is 0.258 e. The van der Waals surface area contributed by atoms with E-state index in [1.54, 1.807) is 19.0 Å². The Morgan fingerprint density at radius 1 is 1.07 bits per heavy atom. The Balaban J connectivity index is 1.62. The van der Waals surface area contributed by atoms with E-state index in [-0.39, 0.29) is 29.7 Å². The van der Waals surface area contributed by atoms with E-state index in [1.165, 1.54) is 43.3 Å². The number of phenols is 1. The van der Waals surface area contributed by atoms with Gasteiger partial charge in [0.15, 0.2) is 34.7 Å². The van der Waals surface area contributed by atoms with Gasteiger partial charge in [-0.1, -0.05) is 12.1 Å². The number of halogens is 1. The molecule has 2 aromatic carbocycles. The van der Waals surface area contributed by atoms with Crippen molar-refractivity contribution in [2.75, 3.05) is 38.4 Å². The predicted molar refractivity (Wildman–Crippen MR) is 150 cm³/mol. The molecular formula is C30H31FN4O8. The molecule has 43 heavy (non-hydrogen) atoms. The molecular weight excluding hydrogens is 563 g/mol. The van der Waals surface area contributed by atoms with Crippen LogP contribution in [0.4, 0.5) is 15.8 Å². The van der Waals surface area contributed by atoms with Crippen LogP contribution in [0.25, 0.3) is 0 Å². The maximum atomic E-state index is 14.3. The third-order valence-electron chi connectivity index (χ3n) is 8.89. The molecule has 5 N–H and O–H groups in total. The summed E-state index contributed by atoms with van der Waals surface area (Å²) < 4.78 is 14.3. The van der Waals surface area contributed by atoms with Gasteiger partial charge in [0, 0.05) is 25.7 Å². The van der Waals surface area contributed by atoms with E-state index in [9.17, 15) is 43.4 Å². The number of amides is 2. The number of nitrogens with two attached hydrogens (primary N) is 1. The number of ketones is 4. The summed E-state index contributed by atoms with van der Waals surface area (Å²) in [5.74, 6) is -13.6. The number of hydrogen-bond donors (Lipinski definition) is 4.